The largest absolute Gasteiger partial charge is 0.490 e. The van der Waals surface area contributed by atoms with Gasteiger partial charge in [0.25, 0.3) is 5.56 Å². The van der Waals surface area contributed by atoms with E-state index in [2.05, 4.69) is 4.99 Å². The van der Waals surface area contributed by atoms with Crippen LogP contribution in [0.1, 0.15) is 51.8 Å². The minimum Gasteiger partial charge on any atom is -0.490 e. The molecule has 0 unspecified atom stereocenters. The molecule has 0 radical (unpaired) electrons. The minimum absolute atomic E-state index is 0.220. The summed E-state index contributed by atoms with van der Waals surface area (Å²) in [5.74, 6) is 0.810. The topological polar surface area (TPSA) is 79.1 Å². The molecule has 4 rings (SSSR count). The summed E-state index contributed by atoms with van der Waals surface area (Å²) < 4.78 is 19.1. The van der Waals surface area contributed by atoms with Gasteiger partial charge in [-0.1, -0.05) is 29.5 Å². The van der Waals surface area contributed by atoms with Crippen LogP contribution < -0.4 is 24.4 Å². The molecule has 1 aromatic heterocycles. The van der Waals surface area contributed by atoms with Gasteiger partial charge < -0.3 is 14.2 Å². The Labute approximate surface area is 230 Å². The van der Waals surface area contributed by atoms with Crippen molar-refractivity contribution in [2.45, 2.75) is 51.7 Å². The Balaban J connectivity index is 1.88. The fourth-order valence-corrected chi connectivity index (χ4v) is 5.73. The van der Waals surface area contributed by atoms with E-state index < -0.39 is 12.0 Å². The van der Waals surface area contributed by atoms with Crippen LogP contribution in [0.25, 0.3) is 6.08 Å². The van der Waals surface area contributed by atoms with Crippen LogP contribution in [-0.2, 0) is 9.53 Å². The van der Waals surface area contributed by atoms with Gasteiger partial charge in [-0.15, -0.1) is 11.8 Å². The fourth-order valence-electron chi connectivity index (χ4n) is 4.27. The highest BCUT2D eigenvalue weighted by molar-refractivity contribution is 7.98. The standard InChI is InChI=1S/C29H32N2O5S2/c1-7-34-22-14-9-19(15-23(22)35-8-2)16-24-27(32)31-26(20-10-12-21(37-6)13-11-20)25(28(33)36-17(3)4)18(5)30-29(31)38-24/h9-17,26H,7-8H2,1-6H3/b24-16-/t26-/m1/s1. The van der Waals surface area contributed by atoms with Gasteiger partial charge in [0.1, 0.15) is 0 Å². The SMILES string of the molecule is CCOc1ccc(/C=c2\sc3n(c2=O)[C@H](c2ccc(SC)cc2)C(C(=O)OC(C)C)=C(C)N=3)cc1OCC. The molecule has 0 aliphatic carbocycles. The van der Waals surface area contributed by atoms with Crippen molar-refractivity contribution >= 4 is 35.1 Å². The molecule has 0 spiro atoms. The van der Waals surface area contributed by atoms with Crippen molar-refractivity contribution < 1.29 is 19.0 Å². The molecule has 1 aliphatic rings. The summed E-state index contributed by atoms with van der Waals surface area (Å²) in [7, 11) is 0. The van der Waals surface area contributed by atoms with Gasteiger partial charge >= 0.3 is 5.97 Å². The molecule has 0 bridgehead atoms. The van der Waals surface area contributed by atoms with Crippen molar-refractivity contribution in [1.29, 1.82) is 0 Å². The lowest BCUT2D eigenvalue weighted by molar-refractivity contribution is -0.143. The van der Waals surface area contributed by atoms with Gasteiger partial charge in [0.15, 0.2) is 16.3 Å². The van der Waals surface area contributed by atoms with Crippen molar-refractivity contribution in [3.05, 3.63) is 84.5 Å². The highest BCUT2D eigenvalue weighted by Gasteiger charge is 2.33. The molecule has 1 atom stereocenters. The zero-order valence-electron chi connectivity index (χ0n) is 22.4. The first kappa shape index (κ1) is 27.7. The number of thioether (sulfide) groups is 1. The van der Waals surface area contributed by atoms with Gasteiger partial charge in [0.2, 0.25) is 0 Å². The van der Waals surface area contributed by atoms with Crippen molar-refractivity contribution in [1.82, 2.24) is 4.57 Å². The number of benzene rings is 2. The summed E-state index contributed by atoms with van der Waals surface area (Å²) >= 11 is 2.92. The van der Waals surface area contributed by atoms with E-state index in [1.54, 1.807) is 37.1 Å². The molecule has 7 nitrogen and oxygen atoms in total. The summed E-state index contributed by atoms with van der Waals surface area (Å²) in [6, 6.07) is 12.8. The lowest BCUT2D eigenvalue weighted by Gasteiger charge is -2.25. The molecule has 0 amide bonds. The van der Waals surface area contributed by atoms with Gasteiger partial charge in [0.05, 0.1) is 41.2 Å². The van der Waals surface area contributed by atoms with E-state index in [0.29, 0.717) is 45.3 Å². The maximum Gasteiger partial charge on any atom is 0.338 e. The first-order valence-electron chi connectivity index (χ1n) is 12.5. The van der Waals surface area contributed by atoms with Crippen LogP contribution in [0.2, 0.25) is 0 Å². The number of rotatable bonds is 9. The quantitative estimate of drug-likeness (QED) is 0.283. The summed E-state index contributed by atoms with van der Waals surface area (Å²) in [6.45, 7) is 10.3. The van der Waals surface area contributed by atoms with E-state index in [9.17, 15) is 9.59 Å². The van der Waals surface area contributed by atoms with Gasteiger partial charge in [-0.2, -0.15) is 0 Å². The molecule has 0 saturated carbocycles. The Morgan fingerprint density at radius 1 is 1.11 bits per heavy atom. The summed E-state index contributed by atoms with van der Waals surface area (Å²) in [4.78, 5) is 33.4. The number of carbonyl (C=O) groups is 1. The van der Waals surface area contributed by atoms with Crippen LogP contribution in [0.5, 0.6) is 11.5 Å². The highest BCUT2D eigenvalue weighted by Crippen LogP contribution is 2.32. The second-order valence-corrected chi connectivity index (χ2v) is 10.8. The van der Waals surface area contributed by atoms with E-state index in [1.807, 2.05) is 68.6 Å². The first-order valence-corrected chi connectivity index (χ1v) is 14.6. The summed E-state index contributed by atoms with van der Waals surface area (Å²) in [5.41, 5.74) is 2.32. The van der Waals surface area contributed by atoms with Crippen molar-refractivity contribution in [3.8, 4) is 11.5 Å². The van der Waals surface area contributed by atoms with E-state index in [-0.39, 0.29) is 11.7 Å². The molecule has 0 N–H and O–H groups in total. The van der Waals surface area contributed by atoms with E-state index in [1.165, 1.54) is 11.3 Å². The van der Waals surface area contributed by atoms with Crippen LogP contribution in [0.3, 0.4) is 0 Å². The summed E-state index contributed by atoms with van der Waals surface area (Å²) in [5, 5.41) is 0. The molecule has 200 valence electrons. The van der Waals surface area contributed by atoms with Crippen LogP contribution in [0, 0.1) is 0 Å². The van der Waals surface area contributed by atoms with Crippen LogP contribution in [0.4, 0.5) is 0 Å². The van der Waals surface area contributed by atoms with Crippen molar-refractivity contribution in [2.75, 3.05) is 19.5 Å². The van der Waals surface area contributed by atoms with Crippen LogP contribution in [-0.4, -0.2) is 36.1 Å². The molecule has 38 heavy (non-hydrogen) atoms. The predicted molar refractivity (Wildman–Crippen MR) is 152 cm³/mol. The van der Waals surface area contributed by atoms with Gasteiger partial charge in [0, 0.05) is 4.90 Å². The van der Waals surface area contributed by atoms with E-state index in [4.69, 9.17) is 14.2 Å². The van der Waals surface area contributed by atoms with Crippen LogP contribution >= 0.6 is 23.1 Å². The van der Waals surface area contributed by atoms with Crippen molar-refractivity contribution in [3.63, 3.8) is 0 Å². The molecule has 2 heterocycles. The minimum atomic E-state index is -0.644. The number of fused-ring (bicyclic) bond motifs is 1. The number of hydrogen-bond acceptors (Lipinski definition) is 8. The fraction of sp³-hybridized carbons (Fsp3) is 0.345. The Hall–Kier alpha value is -3.30. The van der Waals surface area contributed by atoms with E-state index in [0.717, 1.165) is 16.0 Å². The molecule has 1 aliphatic heterocycles. The number of esters is 1. The molecular formula is C29H32N2O5S2. The number of carbonyl (C=O) groups excluding carboxylic acids is 1. The molecule has 2 aromatic carbocycles. The number of hydrogen-bond donors (Lipinski definition) is 0. The monoisotopic (exact) mass is 552 g/mol. The molecule has 9 heteroatoms. The molecule has 0 saturated heterocycles. The zero-order chi connectivity index (χ0) is 27.4. The Kier molecular flexibility index (Phi) is 8.79. The van der Waals surface area contributed by atoms with Gasteiger partial charge in [-0.3, -0.25) is 9.36 Å². The predicted octanol–water partition coefficient (Wildman–Crippen LogP) is 4.71. The zero-order valence-corrected chi connectivity index (χ0v) is 24.1. The second kappa shape index (κ2) is 12.0. The average molecular weight is 553 g/mol. The normalized spacial score (nSPS) is 15.3. The van der Waals surface area contributed by atoms with Gasteiger partial charge in [-0.05, 0) is 82.3 Å². The lowest BCUT2D eigenvalue weighted by atomic mass is 9.96. The van der Waals surface area contributed by atoms with Crippen molar-refractivity contribution in [2.24, 2.45) is 4.99 Å². The Bertz CT molecular complexity index is 1530. The third kappa shape index (κ3) is 5.73. The third-order valence-corrected chi connectivity index (χ3v) is 7.61. The molecule has 0 fully saturated rings. The molecule has 3 aromatic rings. The summed E-state index contributed by atoms with van der Waals surface area (Å²) in [6.07, 6.45) is 3.53. The number of thiazole rings is 1. The highest BCUT2D eigenvalue weighted by atomic mass is 32.2. The smallest absolute Gasteiger partial charge is 0.338 e. The second-order valence-electron chi connectivity index (χ2n) is 8.88. The lowest BCUT2D eigenvalue weighted by Crippen LogP contribution is -2.40. The first-order chi connectivity index (χ1) is 18.3. The number of nitrogens with zero attached hydrogens (tertiary/aromatic N) is 2. The Morgan fingerprint density at radius 2 is 1.79 bits per heavy atom. The Morgan fingerprint density at radius 3 is 2.42 bits per heavy atom. The van der Waals surface area contributed by atoms with Crippen LogP contribution in [0.15, 0.2) is 68.4 Å². The van der Waals surface area contributed by atoms with E-state index >= 15 is 0 Å². The number of allylic oxidation sites excluding steroid dienone is 1. The maximum absolute atomic E-state index is 13.8. The average Bonchev–Trinajstić information content (AvgIpc) is 3.18. The number of ether oxygens (including phenoxy) is 3. The maximum atomic E-state index is 13.8. The third-order valence-electron chi connectivity index (χ3n) is 5.88. The molecular weight excluding hydrogens is 520 g/mol. The number of aromatic nitrogens is 1. The van der Waals surface area contributed by atoms with Gasteiger partial charge in [-0.25, -0.2) is 9.79 Å².